The Morgan fingerprint density at radius 3 is 2.55 bits per heavy atom. The average molecular weight is 308 g/mol. The number of nitrogens with one attached hydrogen (secondary N) is 2. The van der Waals surface area contributed by atoms with Gasteiger partial charge in [0.1, 0.15) is 0 Å². The van der Waals surface area contributed by atoms with Gasteiger partial charge in [0.2, 0.25) is 0 Å². The Balaban J connectivity index is 1.36. The van der Waals surface area contributed by atoms with E-state index in [1.54, 1.807) is 0 Å². The van der Waals surface area contributed by atoms with Crippen LogP contribution in [0.5, 0.6) is 0 Å². The molecule has 1 aliphatic carbocycles. The summed E-state index contributed by atoms with van der Waals surface area (Å²) in [5.74, 6) is 1.78. The maximum absolute atomic E-state index is 5.67. The van der Waals surface area contributed by atoms with Crippen molar-refractivity contribution >= 4 is 5.96 Å². The maximum atomic E-state index is 5.67. The Labute approximate surface area is 134 Å². The van der Waals surface area contributed by atoms with Gasteiger partial charge in [0, 0.05) is 38.3 Å². The summed E-state index contributed by atoms with van der Waals surface area (Å²) in [4.78, 5) is 6.97. The Morgan fingerprint density at radius 1 is 1.18 bits per heavy atom. The number of nitrogens with zero attached hydrogens (tertiary/aromatic N) is 2. The lowest BCUT2D eigenvalue weighted by Gasteiger charge is -2.47. The highest BCUT2D eigenvalue weighted by Gasteiger charge is 2.36. The molecule has 5 heteroatoms. The van der Waals surface area contributed by atoms with E-state index in [1.807, 2.05) is 7.05 Å². The molecule has 0 spiro atoms. The van der Waals surface area contributed by atoms with Crippen molar-refractivity contribution in [2.75, 3.05) is 33.9 Å². The first kappa shape index (κ1) is 16.1. The molecule has 3 fully saturated rings. The van der Waals surface area contributed by atoms with E-state index in [1.165, 1.54) is 44.9 Å². The molecule has 2 atom stereocenters. The molecule has 3 rings (SSSR count). The lowest BCUT2D eigenvalue weighted by Crippen LogP contribution is -2.56. The Morgan fingerprint density at radius 2 is 1.91 bits per heavy atom. The molecular weight excluding hydrogens is 276 g/mol. The molecule has 5 nitrogen and oxygen atoms in total. The summed E-state index contributed by atoms with van der Waals surface area (Å²) < 4.78 is 5.67. The van der Waals surface area contributed by atoms with E-state index in [0.29, 0.717) is 6.04 Å². The first-order valence-corrected chi connectivity index (χ1v) is 9.03. The second-order valence-electron chi connectivity index (χ2n) is 7.23. The second-order valence-corrected chi connectivity index (χ2v) is 7.23. The first-order chi connectivity index (χ1) is 10.8. The highest BCUT2D eigenvalue weighted by Crippen LogP contribution is 2.32. The third-order valence-corrected chi connectivity index (χ3v) is 5.49. The lowest BCUT2D eigenvalue weighted by molar-refractivity contribution is 0.0526. The SMILES string of the molecule is CN=C(NCCOCC1CC1)NC1CC2CCCC(C1)N2C. The molecule has 2 N–H and O–H groups in total. The van der Waals surface area contributed by atoms with Crippen molar-refractivity contribution in [1.82, 2.24) is 15.5 Å². The van der Waals surface area contributed by atoms with Gasteiger partial charge in [-0.2, -0.15) is 0 Å². The number of piperidine rings is 2. The van der Waals surface area contributed by atoms with Crippen LogP contribution in [0.3, 0.4) is 0 Å². The Hall–Kier alpha value is -0.810. The third kappa shape index (κ3) is 4.35. The maximum Gasteiger partial charge on any atom is 0.191 e. The van der Waals surface area contributed by atoms with Gasteiger partial charge in [-0.05, 0) is 51.5 Å². The number of ether oxygens (including phenoxy) is 1. The van der Waals surface area contributed by atoms with Gasteiger partial charge in [-0.25, -0.2) is 0 Å². The fourth-order valence-corrected chi connectivity index (χ4v) is 3.90. The van der Waals surface area contributed by atoms with Crippen molar-refractivity contribution in [3.8, 4) is 0 Å². The third-order valence-electron chi connectivity index (χ3n) is 5.49. The van der Waals surface area contributed by atoms with Crippen LogP contribution in [0.4, 0.5) is 0 Å². The summed E-state index contributed by atoms with van der Waals surface area (Å²) in [6, 6.07) is 2.07. The molecule has 0 aromatic heterocycles. The highest BCUT2D eigenvalue weighted by molar-refractivity contribution is 5.79. The Bertz CT molecular complexity index is 369. The molecule has 0 aromatic rings. The van der Waals surface area contributed by atoms with Gasteiger partial charge < -0.3 is 20.3 Å². The molecule has 22 heavy (non-hydrogen) atoms. The van der Waals surface area contributed by atoms with E-state index >= 15 is 0 Å². The first-order valence-electron chi connectivity index (χ1n) is 9.03. The van der Waals surface area contributed by atoms with Crippen LogP contribution in [-0.2, 0) is 4.74 Å². The topological polar surface area (TPSA) is 48.9 Å². The van der Waals surface area contributed by atoms with Gasteiger partial charge in [-0.1, -0.05) is 6.42 Å². The summed E-state index contributed by atoms with van der Waals surface area (Å²) in [6.45, 7) is 2.55. The van der Waals surface area contributed by atoms with E-state index in [4.69, 9.17) is 4.74 Å². The van der Waals surface area contributed by atoms with Gasteiger partial charge in [-0.15, -0.1) is 0 Å². The van der Waals surface area contributed by atoms with Gasteiger partial charge in [0.25, 0.3) is 0 Å². The van der Waals surface area contributed by atoms with Crippen LogP contribution in [0.1, 0.15) is 44.9 Å². The van der Waals surface area contributed by atoms with E-state index in [0.717, 1.165) is 43.7 Å². The predicted octanol–water partition coefficient (Wildman–Crippen LogP) is 1.59. The molecule has 2 bridgehead atoms. The van der Waals surface area contributed by atoms with Gasteiger partial charge in [0.15, 0.2) is 5.96 Å². The summed E-state index contributed by atoms with van der Waals surface area (Å²) >= 11 is 0. The van der Waals surface area contributed by atoms with Gasteiger partial charge in [0.05, 0.1) is 6.61 Å². The van der Waals surface area contributed by atoms with Gasteiger partial charge >= 0.3 is 0 Å². The normalized spacial score (nSPS) is 32.8. The van der Waals surface area contributed by atoms with Crippen LogP contribution in [0, 0.1) is 5.92 Å². The van der Waals surface area contributed by atoms with Crippen molar-refractivity contribution in [2.45, 2.75) is 63.1 Å². The van der Waals surface area contributed by atoms with Crippen molar-refractivity contribution in [3.63, 3.8) is 0 Å². The minimum Gasteiger partial charge on any atom is -0.379 e. The number of rotatable bonds is 6. The molecule has 0 amide bonds. The van der Waals surface area contributed by atoms with Crippen LogP contribution in [0.2, 0.25) is 0 Å². The van der Waals surface area contributed by atoms with E-state index in [2.05, 4.69) is 27.6 Å². The second kappa shape index (κ2) is 7.64. The lowest BCUT2D eigenvalue weighted by atomic mass is 9.82. The molecule has 2 aliphatic heterocycles. The minimum absolute atomic E-state index is 0.560. The van der Waals surface area contributed by atoms with Crippen molar-refractivity contribution < 1.29 is 4.74 Å². The zero-order chi connectivity index (χ0) is 15.4. The minimum atomic E-state index is 0.560. The summed E-state index contributed by atoms with van der Waals surface area (Å²) in [5.41, 5.74) is 0. The zero-order valence-electron chi connectivity index (χ0n) is 14.2. The molecule has 1 saturated carbocycles. The van der Waals surface area contributed by atoms with Crippen LogP contribution < -0.4 is 10.6 Å². The predicted molar refractivity (Wildman–Crippen MR) is 90.3 cm³/mol. The average Bonchev–Trinajstić information content (AvgIpc) is 3.31. The van der Waals surface area contributed by atoms with Crippen molar-refractivity contribution in [3.05, 3.63) is 0 Å². The number of fused-ring (bicyclic) bond motifs is 2. The molecule has 0 aromatic carbocycles. The quantitative estimate of drug-likeness (QED) is 0.444. The Kier molecular flexibility index (Phi) is 5.58. The monoisotopic (exact) mass is 308 g/mol. The van der Waals surface area contributed by atoms with Crippen molar-refractivity contribution in [1.29, 1.82) is 0 Å². The molecular formula is C17H32N4O. The largest absolute Gasteiger partial charge is 0.379 e. The molecule has 126 valence electrons. The number of hydrogen-bond acceptors (Lipinski definition) is 3. The highest BCUT2D eigenvalue weighted by atomic mass is 16.5. The van der Waals surface area contributed by atoms with Crippen LogP contribution >= 0.6 is 0 Å². The molecule has 2 saturated heterocycles. The zero-order valence-corrected chi connectivity index (χ0v) is 14.2. The molecule has 2 unspecified atom stereocenters. The number of hydrogen-bond donors (Lipinski definition) is 2. The van der Waals surface area contributed by atoms with E-state index in [9.17, 15) is 0 Å². The van der Waals surface area contributed by atoms with Crippen LogP contribution in [0.25, 0.3) is 0 Å². The summed E-state index contributed by atoms with van der Waals surface area (Å²) in [6.07, 6.45) is 9.30. The summed E-state index contributed by atoms with van der Waals surface area (Å²) in [7, 11) is 4.16. The van der Waals surface area contributed by atoms with E-state index in [-0.39, 0.29) is 0 Å². The van der Waals surface area contributed by atoms with E-state index < -0.39 is 0 Å². The number of aliphatic imine (C=N–C) groups is 1. The fourth-order valence-electron chi connectivity index (χ4n) is 3.90. The van der Waals surface area contributed by atoms with Crippen LogP contribution in [0.15, 0.2) is 4.99 Å². The van der Waals surface area contributed by atoms with Crippen LogP contribution in [-0.4, -0.2) is 62.8 Å². The summed E-state index contributed by atoms with van der Waals surface area (Å²) in [5, 5.41) is 7.01. The number of guanidine groups is 1. The van der Waals surface area contributed by atoms with Crippen molar-refractivity contribution in [2.24, 2.45) is 10.9 Å². The standard InChI is InChI=1S/C17H32N4O/c1-18-17(19-8-9-22-12-13-6-7-13)20-14-10-15-4-3-5-16(11-14)21(15)2/h13-16H,3-12H2,1-2H3,(H2,18,19,20). The molecule has 2 heterocycles. The molecule has 0 radical (unpaired) electrons. The van der Waals surface area contributed by atoms with Gasteiger partial charge in [-0.3, -0.25) is 4.99 Å². The smallest absolute Gasteiger partial charge is 0.191 e. The molecule has 3 aliphatic rings. The fraction of sp³-hybridized carbons (Fsp3) is 0.941.